The Morgan fingerprint density at radius 1 is 1.18 bits per heavy atom. The SMILES string of the molecule is [C-]#[N+]c1ccc(N2CC3(C2)CS(=O)(=O)C3)cc1. The van der Waals surface area contributed by atoms with Gasteiger partial charge >= 0.3 is 0 Å². The first-order valence-corrected chi connectivity index (χ1v) is 7.27. The first kappa shape index (κ1) is 10.6. The Bertz CT molecular complexity index is 578. The van der Waals surface area contributed by atoms with E-state index in [1.165, 1.54) is 0 Å². The molecular formula is C12H12N2O2S. The largest absolute Gasteiger partial charge is 0.370 e. The van der Waals surface area contributed by atoms with E-state index in [0.29, 0.717) is 17.2 Å². The molecule has 0 saturated carbocycles. The predicted molar refractivity (Wildman–Crippen MR) is 66.0 cm³/mol. The quantitative estimate of drug-likeness (QED) is 0.707. The number of hydrogen-bond acceptors (Lipinski definition) is 3. The van der Waals surface area contributed by atoms with Crippen LogP contribution in [0.1, 0.15) is 0 Å². The molecule has 0 radical (unpaired) electrons. The summed E-state index contributed by atoms with van der Waals surface area (Å²) in [5, 5.41) is 0. The lowest BCUT2D eigenvalue weighted by atomic mass is 9.82. The third-order valence-electron chi connectivity index (χ3n) is 3.45. The Balaban J connectivity index is 1.68. The molecule has 88 valence electrons. The molecule has 0 atom stereocenters. The lowest BCUT2D eigenvalue weighted by Crippen LogP contribution is -2.68. The van der Waals surface area contributed by atoms with Crippen LogP contribution < -0.4 is 4.90 Å². The molecule has 17 heavy (non-hydrogen) atoms. The summed E-state index contributed by atoms with van der Waals surface area (Å²) < 4.78 is 22.3. The molecule has 1 aromatic carbocycles. The molecule has 0 aliphatic carbocycles. The second-order valence-electron chi connectivity index (χ2n) is 5.02. The number of anilines is 1. The van der Waals surface area contributed by atoms with Crippen LogP contribution in [-0.2, 0) is 9.84 Å². The molecule has 0 N–H and O–H groups in total. The lowest BCUT2D eigenvalue weighted by molar-refractivity contribution is 0.254. The van der Waals surface area contributed by atoms with Crippen LogP contribution in [0.2, 0.25) is 0 Å². The summed E-state index contributed by atoms with van der Waals surface area (Å²) in [6.07, 6.45) is 0. The third kappa shape index (κ3) is 1.69. The van der Waals surface area contributed by atoms with Crippen LogP contribution in [0.5, 0.6) is 0 Å². The smallest absolute Gasteiger partial charge is 0.187 e. The number of rotatable bonds is 1. The fourth-order valence-corrected chi connectivity index (χ4v) is 4.90. The van der Waals surface area contributed by atoms with Crippen molar-refractivity contribution < 1.29 is 8.42 Å². The molecular weight excluding hydrogens is 236 g/mol. The van der Waals surface area contributed by atoms with Gasteiger partial charge in [0.1, 0.15) is 0 Å². The first-order valence-electron chi connectivity index (χ1n) is 5.45. The fraction of sp³-hybridized carbons (Fsp3) is 0.417. The van der Waals surface area contributed by atoms with Gasteiger partial charge in [0.2, 0.25) is 0 Å². The molecule has 0 bridgehead atoms. The van der Waals surface area contributed by atoms with Gasteiger partial charge in [-0.05, 0) is 12.1 Å². The average Bonchev–Trinajstić information content (AvgIpc) is 2.22. The molecule has 2 aliphatic rings. The highest BCUT2D eigenvalue weighted by Gasteiger charge is 2.55. The Kier molecular flexibility index (Phi) is 2.02. The van der Waals surface area contributed by atoms with Crippen molar-refractivity contribution in [1.82, 2.24) is 0 Å². The van der Waals surface area contributed by atoms with Crippen LogP contribution >= 0.6 is 0 Å². The second kappa shape index (κ2) is 3.23. The van der Waals surface area contributed by atoms with Crippen LogP contribution in [0.25, 0.3) is 4.85 Å². The lowest BCUT2D eigenvalue weighted by Gasteiger charge is -2.55. The van der Waals surface area contributed by atoms with Crippen molar-refractivity contribution in [2.45, 2.75) is 0 Å². The summed E-state index contributed by atoms with van der Waals surface area (Å²) >= 11 is 0. The highest BCUT2D eigenvalue weighted by molar-refractivity contribution is 7.92. The van der Waals surface area contributed by atoms with Gasteiger partial charge in [0.15, 0.2) is 15.5 Å². The van der Waals surface area contributed by atoms with Gasteiger partial charge in [0.05, 0.1) is 18.1 Å². The van der Waals surface area contributed by atoms with Crippen molar-refractivity contribution in [2.75, 3.05) is 29.5 Å². The van der Waals surface area contributed by atoms with Gasteiger partial charge in [-0.15, -0.1) is 0 Å². The minimum absolute atomic E-state index is 0.0251. The van der Waals surface area contributed by atoms with Gasteiger partial charge in [-0.3, -0.25) is 0 Å². The minimum atomic E-state index is -2.73. The van der Waals surface area contributed by atoms with Gasteiger partial charge in [-0.1, -0.05) is 12.1 Å². The molecule has 1 spiro atoms. The predicted octanol–water partition coefficient (Wildman–Crippen LogP) is 1.47. The van der Waals surface area contributed by atoms with E-state index in [4.69, 9.17) is 6.57 Å². The molecule has 1 aromatic rings. The third-order valence-corrected chi connectivity index (χ3v) is 5.55. The standard InChI is InChI=1S/C12H12N2O2S/c1-13-10-2-4-11(5-3-10)14-6-12(7-14)8-17(15,16)9-12/h2-5H,6-9H2. The maximum Gasteiger partial charge on any atom is 0.187 e. The zero-order chi connectivity index (χ0) is 12.1. The zero-order valence-electron chi connectivity index (χ0n) is 9.26. The first-order chi connectivity index (χ1) is 8.02. The van der Waals surface area contributed by atoms with E-state index in [2.05, 4.69) is 9.74 Å². The summed E-state index contributed by atoms with van der Waals surface area (Å²) in [5.41, 5.74) is 1.74. The highest BCUT2D eigenvalue weighted by Crippen LogP contribution is 2.43. The van der Waals surface area contributed by atoms with Crippen LogP contribution in [0.3, 0.4) is 0 Å². The van der Waals surface area contributed by atoms with E-state index in [-0.39, 0.29) is 5.41 Å². The maximum atomic E-state index is 11.2. The number of sulfone groups is 1. The number of benzene rings is 1. The van der Waals surface area contributed by atoms with Crippen molar-refractivity contribution in [3.8, 4) is 0 Å². The molecule has 0 aromatic heterocycles. The molecule has 3 rings (SSSR count). The van der Waals surface area contributed by atoms with Crippen molar-refractivity contribution in [1.29, 1.82) is 0 Å². The van der Waals surface area contributed by atoms with Crippen molar-refractivity contribution in [2.24, 2.45) is 5.41 Å². The van der Waals surface area contributed by atoms with E-state index in [0.717, 1.165) is 18.8 Å². The van der Waals surface area contributed by atoms with Crippen molar-refractivity contribution in [3.63, 3.8) is 0 Å². The van der Waals surface area contributed by atoms with E-state index < -0.39 is 9.84 Å². The summed E-state index contributed by atoms with van der Waals surface area (Å²) in [5.74, 6) is 0.688. The topological polar surface area (TPSA) is 41.7 Å². The van der Waals surface area contributed by atoms with Crippen LogP contribution in [0, 0.1) is 12.0 Å². The Labute approximate surface area is 101 Å². The van der Waals surface area contributed by atoms with Crippen molar-refractivity contribution in [3.05, 3.63) is 35.7 Å². The summed E-state index contributed by atoms with van der Waals surface area (Å²) in [7, 11) is -2.73. The zero-order valence-corrected chi connectivity index (χ0v) is 10.1. The number of nitrogens with zero attached hydrogens (tertiary/aromatic N) is 2. The minimum Gasteiger partial charge on any atom is -0.370 e. The van der Waals surface area contributed by atoms with Gasteiger partial charge in [-0.25, -0.2) is 13.3 Å². The average molecular weight is 248 g/mol. The monoisotopic (exact) mass is 248 g/mol. The molecule has 2 heterocycles. The summed E-state index contributed by atoms with van der Waals surface area (Å²) in [4.78, 5) is 5.51. The number of hydrogen-bond donors (Lipinski definition) is 0. The van der Waals surface area contributed by atoms with Crippen LogP contribution in [0.15, 0.2) is 24.3 Å². The fourth-order valence-electron chi connectivity index (χ4n) is 2.76. The van der Waals surface area contributed by atoms with E-state index in [9.17, 15) is 8.42 Å². The van der Waals surface area contributed by atoms with Gasteiger partial charge in [-0.2, -0.15) is 0 Å². The highest BCUT2D eigenvalue weighted by atomic mass is 32.2. The van der Waals surface area contributed by atoms with Gasteiger partial charge in [0, 0.05) is 24.2 Å². The van der Waals surface area contributed by atoms with Gasteiger partial charge < -0.3 is 4.90 Å². The molecule has 0 unspecified atom stereocenters. The summed E-state index contributed by atoms with van der Waals surface area (Å²) in [6, 6.07) is 7.44. The molecule has 5 heteroatoms. The van der Waals surface area contributed by atoms with Gasteiger partial charge in [0.25, 0.3) is 0 Å². The molecule has 4 nitrogen and oxygen atoms in total. The Morgan fingerprint density at radius 3 is 2.24 bits per heavy atom. The van der Waals surface area contributed by atoms with E-state index in [1.807, 2.05) is 12.1 Å². The van der Waals surface area contributed by atoms with E-state index in [1.54, 1.807) is 12.1 Å². The molecule has 2 aliphatic heterocycles. The van der Waals surface area contributed by atoms with E-state index >= 15 is 0 Å². The Hall–Kier alpha value is -1.54. The normalized spacial score (nSPS) is 23.6. The van der Waals surface area contributed by atoms with Crippen LogP contribution in [0.4, 0.5) is 11.4 Å². The second-order valence-corrected chi connectivity index (χ2v) is 7.08. The molecule has 0 amide bonds. The molecule has 2 saturated heterocycles. The van der Waals surface area contributed by atoms with Crippen LogP contribution in [-0.4, -0.2) is 33.0 Å². The van der Waals surface area contributed by atoms with Crippen molar-refractivity contribution >= 4 is 21.2 Å². The molecule has 2 fully saturated rings. The summed E-state index contributed by atoms with van der Waals surface area (Å²) in [6.45, 7) is 8.52. The maximum absolute atomic E-state index is 11.2. The Morgan fingerprint density at radius 2 is 1.76 bits per heavy atom.